The number of oxime groups is 1. The van der Waals surface area contributed by atoms with E-state index in [1.54, 1.807) is 18.2 Å². The molecule has 3 aliphatic rings. The topological polar surface area (TPSA) is 107 Å². The van der Waals surface area contributed by atoms with Crippen molar-refractivity contribution in [1.82, 2.24) is 9.62 Å². The third-order valence-corrected chi connectivity index (χ3v) is 8.49. The van der Waals surface area contributed by atoms with Gasteiger partial charge in [-0.1, -0.05) is 33.9 Å². The second kappa shape index (κ2) is 8.95. The normalized spacial score (nSPS) is 21.5. The predicted molar refractivity (Wildman–Crippen MR) is 116 cm³/mol. The minimum Gasteiger partial charge on any atom is -0.495 e. The Balaban J connectivity index is 1.34. The van der Waals surface area contributed by atoms with E-state index in [9.17, 15) is 13.2 Å². The molecular weight excluding hydrogens is 490 g/mol. The lowest BCUT2D eigenvalue weighted by atomic mass is 9.89. The molecule has 170 valence electrons. The van der Waals surface area contributed by atoms with Gasteiger partial charge in [-0.25, -0.2) is 13.2 Å². The maximum atomic E-state index is 13.2. The van der Waals surface area contributed by atoms with E-state index in [1.807, 2.05) is 0 Å². The van der Waals surface area contributed by atoms with Crippen molar-refractivity contribution in [3.8, 4) is 5.75 Å². The van der Waals surface area contributed by atoms with Crippen LogP contribution in [0.2, 0.25) is 0 Å². The molecule has 0 atom stereocenters. The Morgan fingerprint density at radius 1 is 1.29 bits per heavy atom. The number of ether oxygens (including phenoxy) is 2. The number of carbonyl (C=O) groups excluding carboxylic acids is 1. The van der Waals surface area contributed by atoms with E-state index >= 15 is 0 Å². The summed E-state index contributed by atoms with van der Waals surface area (Å²) in [6.07, 6.45) is 4.90. The monoisotopic (exact) mass is 515 g/mol. The Hall–Kier alpha value is -1.85. The third-order valence-electron chi connectivity index (χ3n) is 6.08. The highest BCUT2D eigenvalue weighted by Crippen LogP contribution is 2.38. The number of carbonyl (C=O) groups is 1. The molecule has 1 amide bonds. The molecule has 2 fully saturated rings. The molecule has 2 heterocycles. The van der Waals surface area contributed by atoms with Crippen molar-refractivity contribution in [2.75, 3.05) is 20.2 Å². The van der Waals surface area contributed by atoms with Gasteiger partial charge in [0.15, 0.2) is 0 Å². The highest BCUT2D eigenvalue weighted by atomic mass is 79.9. The number of alkyl carbamates (subject to hydrolysis) is 1. The number of hydrogen-bond acceptors (Lipinski definition) is 7. The Bertz CT molecular complexity index is 969. The molecule has 1 aromatic rings. The van der Waals surface area contributed by atoms with Gasteiger partial charge in [0.2, 0.25) is 15.9 Å². The van der Waals surface area contributed by atoms with Crippen LogP contribution in [0.15, 0.2) is 32.7 Å². The number of sulfonamides is 1. The first-order valence-electron chi connectivity index (χ1n) is 10.4. The minimum atomic E-state index is -3.73. The van der Waals surface area contributed by atoms with Gasteiger partial charge in [-0.3, -0.25) is 0 Å². The van der Waals surface area contributed by atoms with Crippen molar-refractivity contribution in [1.29, 1.82) is 0 Å². The Labute approximate surface area is 190 Å². The summed E-state index contributed by atoms with van der Waals surface area (Å²) in [6.45, 7) is 0.546. The first kappa shape index (κ1) is 22.3. The second-order valence-corrected chi connectivity index (χ2v) is 11.0. The predicted octanol–water partition coefficient (Wildman–Crippen LogP) is 3.38. The molecule has 1 saturated heterocycles. The van der Waals surface area contributed by atoms with Crippen molar-refractivity contribution in [2.45, 2.75) is 61.5 Å². The number of nitrogens with zero attached hydrogens (tertiary/aromatic N) is 2. The maximum Gasteiger partial charge on any atom is 0.414 e. The molecule has 4 rings (SSSR count). The molecule has 1 N–H and O–H groups in total. The lowest BCUT2D eigenvalue weighted by molar-refractivity contribution is -0.0506. The highest BCUT2D eigenvalue weighted by Gasteiger charge is 2.46. The molecule has 9 nitrogen and oxygen atoms in total. The molecule has 0 bridgehead atoms. The van der Waals surface area contributed by atoms with E-state index in [1.165, 1.54) is 11.4 Å². The number of hydrogen-bond donors (Lipinski definition) is 1. The second-order valence-electron chi connectivity index (χ2n) is 8.15. The molecule has 31 heavy (non-hydrogen) atoms. The first-order chi connectivity index (χ1) is 14.8. The van der Waals surface area contributed by atoms with E-state index in [4.69, 9.17) is 14.3 Å². The van der Waals surface area contributed by atoms with Crippen LogP contribution in [0, 0.1) is 0 Å². The van der Waals surface area contributed by atoms with Crippen LogP contribution in [0.4, 0.5) is 4.79 Å². The summed E-state index contributed by atoms with van der Waals surface area (Å²) in [4.78, 5) is 17.8. The number of piperidine rings is 1. The van der Waals surface area contributed by atoms with Crippen molar-refractivity contribution in [3.05, 3.63) is 22.7 Å². The van der Waals surface area contributed by atoms with Gasteiger partial charge in [-0.2, -0.15) is 4.31 Å². The first-order valence-corrected chi connectivity index (χ1v) is 12.6. The van der Waals surface area contributed by atoms with Gasteiger partial charge in [0.1, 0.15) is 16.2 Å². The van der Waals surface area contributed by atoms with E-state index < -0.39 is 21.7 Å². The molecule has 1 saturated carbocycles. The van der Waals surface area contributed by atoms with Gasteiger partial charge in [0.05, 0.1) is 13.5 Å². The fraction of sp³-hybridized carbons (Fsp3) is 0.600. The summed E-state index contributed by atoms with van der Waals surface area (Å²) < 4.78 is 39.0. The van der Waals surface area contributed by atoms with E-state index in [-0.39, 0.29) is 29.9 Å². The minimum absolute atomic E-state index is 0.122. The number of rotatable bonds is 4. The van der Waals surface area contributed by atoms with Gasteiger partial charge in [0, 0.05) is 36.4 Å². The highest BCUT2D eigenvalue weighted by molar-refractivity contribution is 9.10. The summed E-state index contributed by atoms with van der Waals surface area (Å²) in [6, 6.07) is 5.06. The van der Waals surface area contributed by atoms with E-state index in [0.29, 0.717) is 29.5 Å². The molecule has 2 aliphatic heterocycles. The van der Waals surface area contributed by atoms with Crippen LogP contribution in [-0.4, -0.2) is 56.6 Å². The lowest BCUT2D eigenvalue weighted by Crippen LogP contribution is -2.47. The molecule has 0 radical (unpaired) electrons. The van der Waals surface area contributed by atoms with Crippen LogP contribution < -0.4 is 10.1 Å². The number of benzene rings is 1. The molecule has 1 spiro atoms. The SMILES string of the molecule is COc1ccc(Br)cc1S(=O)(=O)N1CCC2(CC1)CC(OC(=O)NC1CCCC1)=NO2. The summed E-state index contributed by atoms with van der Waals surface area (Å²) in [7, 11) is -2.28. The number of methoxy groups -OCH3 is 1. The van der Waals surface area contributed by atoms with Crippen LogP contribution in [-0.2, 0) is 19.6 Å². The summed E-state index contributed by atoms with van der Waals surface area (Å²) in [5, 5.41) is 6.81. The summed E-state index contributed by atoms with van der Waals surface area (Å²) >= 11 is 3.32. The number of nitrogens with one attached hydrogen (secondary N) is 1. The largest absolute Gasteiger partial charge is 0.495 e. The van der Waals surface area contributed by atoms with Crippen LogP contribution in [0.5, 0.6) is 5.75 Å². The van der Waals surface area contributed by atoms with Crippen LogP contribution in [0.3, 0.4) is 0 Å². The Kier molecular flexibility index (Phi) is 6.45. The average molecular weight is 516 g/mol. The van der Waals surface area contributed by atoms with Crippen molar-refractivity contribution >= 4 is 37.9 Å². The zero-order valence-electron chi connectivity index (χ0n) is 17.3. The van der Waals surface area contributed by atoms with E-state index in [2.05, 4.69) is 26.4 Å². The quantitative estimate of drug-likeness (QED) is 0.658. The molecule has 1 aromatic carbocycles. The molecular formula is C20H26BrN3O6S. The van der Waals surface area contributed by atoms with Crippen LogP contribution >= 0.6 is 15.9 Å². The fourth-order valence-electron chi connectivity index (χ4n) is 4.31. The summed E-state index contributed by atoms with van der Waals surface area (Å²) in [5.74, 6) is 0.536. The fourth-order valence-corrected chi connectivity index (χ4v) is 6.44. The molecule has 0 aromatic heterocycles. The van der Waals surface area contributed by atoms with Gasteiger partial charge in [-0.05, 0) is 31.0 Å². The smallest absolute Gasteiger partial charge is 0.414 e. The van der Waals surface area contributed by atoms with Gasteiger partial charge < -0.3 is 19.6 Å². The Morgan fingerprint density at radius 2 is 2.00 bits per heavy atom. The summed E-state index contributed by atoms with van der Waals surface area (Å²) in [5.41, 5.74) is -0.643. The zero-order valence-corrected chi connectivity index (χ0v) is 19.7. The number of halogens is 1. The zero-order chi connectivity index (χ0) is 22.1. The average Bonchev–Trinajstić information content (AvgIpc) is 3.38. The molecule has 1 aliphatic carbocycles. The van der Waals surface area contributed by atoms with Gasteiger partial charge >= 0.3 is 6.09 Å². The van der Waals surface area contributed by atoms with Gasteiger partial charge in [0.25, 0.3) is 0 Å². The number of amides is 1. The van der Waals surface area contributed by atoms with Crippen molar-refractivity contribution in [3.63, 3.8) is 0 Å². The van der Waals surface area contributed by atoms with Crippen LogP contribution in [0.25, 0.3) is 0 Å². The van der Waals surface area contributed by atoms with E-state index in [0.717, 1.165) is 25.7 Å². The maximum absolute atomic E-state index is 13.2. The Morgan fingerprint density at radius 3 is 2.68 bits per heavy atom. The van der Waals surface area contributed by atoms with Crippen LogP contribution in [0.1, 0.15) is 44.9 Å². The standard InChI is InChI=1S/C20H26BrN3O6S/c1-28-16-7-6-14(21)12-17(16)31(26,27)24-10-8-20(9-11-24)13-18(23-30-20)29-19(25)22-15-4-2-3-5-15/h6-7,12,15H,2-5,8-11,13H2,1H3,(H,22,25). The lowest BCUT2D eigenvalue weighted by Gasteiger charge is -2.36. The molecule has 11 heteroatoms. The van der Waals surface area contributed by atoms with Crippen molar-refractivity contribution < 1.29 is 27.5 Å². The van der Waals surface area contributed by atoms with Crippen molar-refractivity contribution in [2.24, 2.45) is 5.16 Å². The third kappa shape index (κ3) is 4.83. The van der Waals surface area contributed by atoms with Gasteiger partial charge in [-0.15, -0.1) is 0 Å². The molecule has 0 unspecified atom stereocenters.